The zero-order valence-electron chi connectivity index (χ0n) is 22.3. The van der Waals surface area contributed by atoms with Gasteiger partial charge in [0.25, 0.3) is 0 Å². The molecule has 0 spiro atoms. The maximum Gasteiger partial charge on any atom is 0.469 e. The van der Waals surface area contributed by atoms with Gasteiger partial charge in [-0.25, -0.2) is 4.57 Å². The van der Waals surface area contributed by atoms with E-state index in [4.69, 9.17) is 4.52 Å². The number of phosphoric ester groups is 1. The fourth-order valence-corrected chi connectivity index (χ4v) is 9.19. The molecule has 0 radical (unpaired) electrons. The Labute approximate surface area is 214 Å². The summed E-state index contributed by atoms with van der Waals surface area (Å²) in [6.07, 6.45) is 5.69. The zero-order valence-corrected chi connectivity index (χ0v) is 23.2. The molecule has 0 aromatic heterocycles. The smallest absolute Gasteiger partial charge is 0.393 e. The average molecular weight is 529 g/mol. The second-order valence-corrected chi connectivity index (χ2v) is 14.5. The Hall–Kier alpha value is -0.600. The molecule has 0 heterocycles. The highest BCUT2D eigenvalue weighted by Gasteiger charge is 2.66. The van der Waals surface area contributed by atoms with E-state index in [1.165, 1.54) is 0 Å². The van der Waals surface area contributed by atoms with Crippen LogP contribution in [0.25, 0.3) is 0 Å². The number of allylic oxidation sites excluding steroid dienone is 1. The molecule has 8 nitrogen and oxygen atoms in total. The van der Waals surface area contributed by atoms with Crippen molar-refractivity contribution in [1.29, 1.82) is 0 Å². The zero-order chi connectivity index (χ0) is 26.9. The van der Waals surface area contributed by atoms with Gasteiger partial charge in [-0.05, 0) is 106 Å². The highest BCUT2D eigenvalue weighted by atomic mass is 31.2. The van der Waals surface area contributed by atoms with Crippen molar-refractivity contribution < 1.29 is 39.0 Å². The Morgan fingerprint density at radius 2 is 1.81 bits per heavy atom. The number of carbonyl (C=O) groups is 1. The fourth-order valence-electron chi connectivity index (χ4n) is 8.54. The molecule has 0 saturated heterocycles. The number of hydrogen-bond donors (Lipinski definition) is 5. The standard InChI is InChI=1S/C27H45O8P/c1-16(23(35-36(32,33)34)9-10-24(2,3)30)18-8-13-27(31)20-15-22(29)21-14-17(28)6-11-25(21,4)19(20)7-12-26(18,27)5/h15-19,21,23,28,30-31H,6-14H2,1-5H3,(H2,32,33,34)/t16-,17-,18+,19-,21-,23+,25+,26+,27?/m0/s1. The van der Waals surface area contributed by atoms with Crippen LogP contribution in [0.2, 0.25) is 0 Å². The number of aliphatic hydroxyl groups is 3. The molecule has 4 rings (SSSR count). The SMILES string of the molecule is C[C@@H]([C@H]1CCC2(O)C3=CC(=O)[C@@H]4C[C@@H](O)CC[C@]4(C)[C@H]3CC[C@]12C)[C@@H](CCC(C)(C)O)OP(=O)(O)O. The Bertz CT molecular complexity index is 952. The van der Waals surface area contributed by atoms with E-state index < -0.39 is 36.6 Å². The lowest BCUT2D eigenvalue weighted by molar-refractivity contribution is -0.142. The summed E-state index contributed by atoms with van der Waals surface area (Å²) in [5.74, 6) is -0.483. The van der Waals surface area contributed by atoms with Gasteiger partial charge in [0.2, 0.25) is 0 Å². The first-order chi connectivity index (χ1) is 16.4. The largest absolute Gasteiger partial charge is 0.469 e. The number of phosphoric acid groups is 1. The van der Waals surface area contributed by atoms with Gasteiger partial charge in [0.15, 0.2) is 5.78 Å². The van der Waals surface area contributed by atoms with Gasteiger partial charge in [-0.3, -0.25) is 9.32 Å². The van der Waals surface area contributed by atoms with Crippen molar-refractivity contribution in [3.63, 3.8) is 0 Å². The highest BCUT2D eigenvalue weighted by molar-refractivity contribution is 7.46. The Balaban J connectivity index is 1.65. The van der Waals surface area contributed by atoms with Crippen LogP contribution in [0.3, 0.4) is 0 Å². The van der Waals surface area contributed by atoms with Crippen LogP contribution in [0.4, 0.5) is 0 Å². The summed E-state index contributed by atoms with van der Waals surface area (Å²) in [6.45, 7) is 9.47. The van der Waals surface area contributed by atoms with Crippen molar-refractivity contribution in [2.75, 3.05) is 0 Å². The molecule has 3 saturated carbocycles. The van der Waals surface area contributed by atoms with Crippen molar-refractivity contribution in [3.8, 4) is 0 Å². The van der Waals surface area contributed by atoms with Crippen LogP contribution >= 0.6 is 7.82 Å². The quantitative estimate of drug-likeness (QED) is 0.313. The molecule has 4 aliphatic rings. The minimum absolute atomic E-state index is 0.00422. The molecule has 0 aliphatic heterocycles. The van der Waals surface area contributed by atoms with E-state index in [0.29, 0.717) is 32.1 Å². The molecule has 9 heteroatoms. The molecule has 1 unspecified atom stereocenters. The maximum absolute atomic E-state index is 13.3. The average Bonchev–Trinajstić information content (AvgIpc) is 3.02. The summed E-state index contributed by atoms with van der Waals surface area (Å²) in [6, 6.07) is 0. The van der Waals surface area contributed by atoms with E-state index in [0.717, 1.165) is 24.8 Å². The second kappa shape index (κ2) is 9.25. The molecule has 36 heavy (non-hydrogen) atoms. The van der Waals surface area contributed by atoms with Crippen LogP contribution < -0.4 is 0 Å². The predicted molar refractivity (Wildman–Crippen MR) is 135 cm³/mol. The van der Waals surface area contributed by atoms with E-state index in [2.05, 4.69) is 13.8 Å². The minimum atomic E-state index is -4.76. The van der Waals surface area contributed by atoms with Gasteiger partial charge in [-0.2, -0.15) is 0 Å². The number of aliphatic hydroxyl groups excluding tert-OH is 1. The molecular formula is C27H45O8P. The van der Waals surface area contributed by atoms with Gasteiger partial charge >= 0.3 is 7.82 Å². The lowest BCUT2D eigenvalue weighted by Crippen LogP contribution is -2.59. The summed E-state index contributed by atoms with van der Waals surface area (Å²) in [4.78, 5) is 32.5. The monoisotopic (exact) mass is 528 g/mol. The third kappa shape index (κ3) is 4.81. The van der Waals surface area contributed by atoms with Gasteiger partial charge in [0.05, 0.1) is 23.4 Å². The van der Waals surface area contributed by atoms with Gasteiger partial charge in [0.1, 0.15) is 0 Å². The molecular weight excluding hydrogens is 483 g/mol. The van der Waals surface area contributed by atoms with Crippen molar-refractivity contribution in [2.24, 2.45) is 34.5 Å². The fraction of sp³-hybridized carbons (Fsp3) is 0.889. The van der Waals surface area contributed by atoms with Crippen LogP contribution in [0, 0.1) is 34.5 Å². The summed E-state index contributed by atoms with van der Waals surface area (Å²) in [5, 5.41) is 32.8. The first kappa shape index (κ1) is 28.4. The van der Waals surface area contributed by atoms with Gasteiger partial charge in [-0.1, -0.05) is 20.8 Å². The van der Waals surface area contributed by atoms with E-state index in [-0.39, 0.29) is 41.3 Å². The summed E-state index contributed by atoms with van der Waals surface area (Å²) in [5.41, 5.74) is -2.19. The van der Waals surface area contributed by atoms with Crippen LogP contribution in [-0.4, -0.2) is 54.3 Å². The van der Waals surface area contributed by atoms with Crippen molar-refractivity contribution in [2.45, 2.75) is 116 Å². The van der Waals surface area contributed by atoms with Gasteiger partial charge in [-0.15, -0.1) is 0 Å². The normalized spacial score (nSPS) is 42.7. The van der Waals surface area contributed by atoms with Crippen molar-refractivity contribution in [3.05, 3.63) is 11.6 Å². The first-order valence-corrected chi connectivity index (χ1v) is 15.1. The summed E-state index contributed by atoms with van der Waals surface area (Å²) >= 11 is 0. The number of rotatable bonds is 7. The van der Waals surface area contributed by atoms with Gasteiger partial charge < -0.3 is 25.1 Å². The minimum Gasteiger partial charge on any atom is -0.393 e. The lowest BCUT2D eigenvalue weighted by Gasteiger charge is -2.60. The van der Waals surface area contributed by atoms with Crippen LogP contribution in [-0.2, 0) is 13.9 Å². The van der Waals surface area contributed by atoms with E-state index >= 15 is 0 Å². The molecule has 0 aromatic carbocycles. The third-order valence-corrected chi connectivity index (χ3v) is 11.2. The topological polar surface area (TPSA) is 145 Å². The van der Waals surface area contributed by atoms with Crippen LogP contribution in [0.1, 0.15) is 92.4 Å². The third-order valence-electron chi connectivity index (χ3n) is 10.7. The first-order valence-electron chi connectivity index (χ1n) is 13.5. The van der Waals surface area contributed by atoms with Crippen LogP contribution in [0.15, 0.2) is 11.6 Å². The molecule has 0 amide bonds. The Morgan fingerprint density at radius 3 is 2.42 bits per heavy atom. The van der Waals surface area contributed by atoms with E-state index in [1.807, 2.05) is 6.92 Å². The Morgan fingerprint density at radius 1 is 1.14 bits per heavy atom. The summed E-state index contributed by atoms with van der Waals surface area (Å²) in [7, 11) is -4.76. The molecule has 0 bridgehead atoms. The van der Waals surface area contributed by atoms with Crippen molar-refractivity contribution >= 4 is 13.6 Å². The molecule has 0 aromatic rings. The van der Waals surface area contributed by atoms with Crippen LogP contribution in [0.5, 0.6) is 0 Å². The predicted octanol–water partition coefficient (Wildman–Crippen LogP) is 3.89. The molecule has 3 fully saturated rings. The summed E-state index contributed by atoms with van der Waals surface area (Å²) < 4.78 is 17.1. The number of fused-ring (bicyclic) bond motifs is 5. The molecule has 9 atom stereocenters. The molecule has 4 aliphatic carbocycles. The second-order valence-electron chi connectivity index (χ2n) is 13.3. The van der Waals surface area contributed by atoms with E-state index in [9.17, 15) is 34.5 Å². The number of ketones is 1. The maximum atomic E-state index is 13.3. The van der Waals surface area contributed by atoms with Gasteiger partial charge in [0, 0.05) is 11.3 Å². The lowest BCUT2D eigenvalue weighted by atomic mass is 9.46. The number of carbonyl (C=O) groups excluding carboxylic acids is 1. The van der Waals surface area contributed by atoms with Crippen molar-refractivity contribution in [1.82, 2.24) is 0 Å². The molecule has 206 valence electrons. The van der Waals surface area contributed by atoms with E-state index in [1.54, 1.807) is 19.9 Å². The Kier molecular flexibility index (Phi) is 7.30. The highest BCUT2D eigenvalue weighted by Crippen LogP contribution is 2.68. The molecule has 5 N–H and O–H groups in total. The number of hydrogen-bond acceptors (Lipinski definition) is 6.